The van der Waals surface area contributed by atoms with Crippen LogP contribution in [0.3, 0.4) is 0 Å². The van der Waals surface area contributed by atoms with Crippen LogP contribution in [0.15, 0.2) is 12.1 Å². The van der Waals surface area contributed by atoms with Gasteiger partial charge in [0.15, 0.2) is 0 Å². The summed E-state index contributed by atoms with van der Waals surface area (Å²) >= 11 is 6.05. The van der Waals surface area contributed by atoms with E-state index in [1.54, 1.807) is 26.4 Å². The lowest BCUT2D eigenvalue weighted by atomic mass is 10.2. The van der Waals surface area contributed by atoms with Crippen molar-refractivity contribution >= 4 is 17.3 Å². The molecule has 96 valence electrons. The van der Waals surface area contributed by atoms with E-state index < -0.39 is 0 Å². The van der Waals surface area contributed by atoms with Crippen molar-refractivity contribution in [3.8, 4) is 11.5 Å². The van der Waals surface area contributed by atoms with Crippen LogP contribution >= 0.6 is 11.6 Å². The van der Waals surface area contributed by atoms with Crippen LogP contribution in [0.25, 0.3) is 0 Å². The Hall–Kier alpha value is -1.13. The van der Waals surface area contributed by atoms with E-state index in [1.165, 1.54) is 0 Å². The van der Waals surface area contributed by atoms with Gasteiger partial charge < -0.3 is 19.5 Å². The molecule has 0 spiro atoms. The van der Waals surface area contributed by atoms with Gasteiger partial charge in [-0.25, -0.2) is 0 Å². The van der Waals surface area contributed by atoms with Crippen LogP contribution < -0.4 is 14.8 Å². The van der Waals surface area contributed by atoms with Crippen LogP contribution in [-0.2, 0) is 4.74 Å². The van der Waals surface area contributed by atoms with E-state index in [9.17, 15) is 0 Å². The first kappa shape index (κ1) is 13.9. The minimum absolute atomic E-state index is 0.548. The lowest BCUT2D eigenvalue weighted by Crippen LogP contribution is -2.10. The molecule has 0 unspecified atom stereocenters. The van der Waals surface area contributed by atoms with E-state index in [0.717, 1.165) is 5.69 Å². The number of hydrogen-bond acceptors (Lipinski definition) is 4. The molecular formula is C12H18ClNO3. The molecule has 0 aliphatic rings. The molecular weight excluding hydrogens is 242 g/mol. The van der Waals surface area contributed by atoms with Crippen molar-refractivity contribution in [2.24, 2.45) is 0 Å². The van der Waals surface area contributed by atoms with Gasteiger partial charge in [-0.05, 0) is 13.0 Å². The minimum atomic E-state index is 0.548. The van der Waals surface area contributed by atoms with Gasteiger partial charge >= 0.3 is 0 Å². The Balaban J connectivity index is 2.73. The summed E-state index contributed by atoms with van der Waals surface area (Å²) in [7, 11) is 3.18. The third-order valence-electron chi connectivity index (χ3n) is 2.24. The summed E-state index contributed by atoms with van der Waals surface area (Å²) in [6, 6.07) is 3.54. The van der Waals surface area contributed by atoms with E-state index >= 15 is 0 Å². The summed E-state index contributed by atoms with van der Waals surface area (Å²) in [4.78, 5) is 0. The van der Waals surface area contributed by atoms with E-state index in [2.05, 4.69) is 5.32 Å². The summed E-state index contributed by atoms with van der Waals surface area (Å²) in [5, 5.41) is 3.75. The Morgan fingerprint density at radius 1 is 1.18 bits per heavy atom. The molecule has 4 nitrogen and oxygen atoms in total. The first-order valence-corrected chi connectivity index (χ1v) is 5.83. The number of ether oxygens (including phenoxy) is 3. The number of anilines is 1. The molecule has 0 heterocycles. The lowest BCUT2D eigenvalue weighted by Gasteiger charge is -2.13. The van der Waals surface area contributed by atoms with E-state index in [0.29, 0.717) is 36.3 Å². The molecule has 0 aliphatic carbocycles. The van der Waals surface area contributed by atoms with Gasteiger partial charge in [-0.2, -0.15) is 0 Å². The van der Waals surface area contributed by atoms with Crippen LogP contribution in [0, 0.1) is 0 Å². The van der Waals surface area contributed by atoms with Crippen molar-refractivity contribution in [2.45, 2.75) is 6.92 Å². The molecule has 1 aromatic carbocycles. The van der Waals surface area contributed by atoms with Gasteiger partial charge in [0.1, 0.15) is 11.5 Å². The number of benzene rings is 1. The second kappa shape index (κ2) is 7.25. The predicted molar refractivity (Wildman–Crippen MR) is 69.5 cm³/mol. The molecule has 0 atom stereocenters. The maximum absolute atomic E-state index is 6.05. The molecule has 0 amide bonds. The zero-order chi connectivity index (χ0) is 12.7. The second-order valence-electron chi connectivity index (χ2n) is 3.31. The molecule has 1 N–H and O–H groups in total. The molecule has 1 aromatic rings. The molecule has 0 saturated carbocycles. The maximum atomic E-state index is 6.05. The number of rotatable bonds is 7. The van der Waals surface area contributed by atoms with Crippen molar-refractivity contribution in [1.29, 1.82) is 0 Å². The van der Waals surface area contributed by atoms with Crippen molar-refractivity contribution in [1.82, 2.24) is 0 Å². The van der Waals surface area contributed by atoms with Gasteiger partial charge in [0.2, 0.25) is 0 Å². The molecule has 0 aliphatic heterocycles. The zero-order valence-electron chi connectivity index (χ0n) is 10.4. The molecule has 0 saturated heterocycles. The number of nitrogens with one attached hydrogen (secondary N) is 1. The summed E-state index contributed by atoms with van der Waals surface area (Å²) < 4.78 is 15.6. The highest BCUT2D eigenvalue weighted by Gasteiger charge is 2.09. The quantitative estimate of drug-likeness (QED) is 0.765. The minimum Gasteiger partial charge on any atom is -0.495 e. The van der Waals surface area contributed by atoms with Gasteiger partial charge in [-0.1, -0.05) is 11.6 Å². The second-order valence-corrected chi connectivity index (χ2v) is 3.72. The molecule has 0 bridgehead atoms. The molecule has 5 heteroatoms. The van der Waals surface area contributed by atoms with Crippen molar-refractivity contribution in [2.75, 3.05) is 39.3 Å². The topological polar surface area (TPSA) is 39.7 Å². The Bertz CT molecular complexity index is 358. The average molecular weight is 260 g/mol. The monoisotopic (exact) mass is 259 g/mol. The van der Waals surface area contributed by atoms with Gasteiger partial charge in [0.25, 0.3) is 0 Å². The van der Waals surface area contributed by atoms with Gasteiger partial charge in [0, 0.05) is 19.2 Å². The fourth-order valence-electron chi connectivity index (χ4n) is 1.40. The molecule has 0 fully saturated rings. The van der Waals surface area contributed by atoms with Crippen molar-refractivity contribution in [3.05, 3.63) is 17.2 Å². The van der Waals surface area contributed by atoms with Gasteiger partial charge in [0.05, 0.1) is 31.5 Å². The summed E-state index contributed by atoms with van der Waals surface area (Å²) in [6.45, 7) is 4.02. The van der Waals surface area contributed by atoms with Gasteiger partial charge in [-0.3, -0.25) is 0 Å². The van der Waals surface area contributed by atoms with E-state index in [4.69, 9.17) is 25.8 Å². The highest BCUT2D eigenvalue weighted by atomic mass is 35.5. The zero-order valence-corrected chi connectivity index (χ0v) is 11.1. The number of methoxy groups -OCH3 is 2. The summed E-state index contributed by atoms with van der Waals surface area (Å²) in [6.07, 6.45) is 0. The lowest BCUT2D eigenvalue weighted by molar-refractivity contribution is 0.158. The van der Waals surface area contributed by atoms with Crippen LogP contribution in [0.5, 0.6) is 11.5 Å². The van der Waals surface area contributed by atoms with Crippen LogP contribution in [0.1, 0.15) is 6.92 Å². The van der Waals surface area contributed by atoms with Crippen LogP contribution in [-0.4, -0.2) is 34.0 Å². The Morgan fingerprint density at radius 3 is 2.47 bits per heavy atom. The molecule has 0 aromatic heterocycles. The smallest absolute Gasteiger partial charge is 0.145 e. The van der Waals surface area contributed by atoms with E-state index in [1.807, 2.05) is 6.92 Å². The highest BCUT2D eigenvalue weighted by Crippen LogP contribution is 2.35. The van der Waals surface area contributed by atoms with E-state index in [-0.39, 0.29) is 0 Å². The van der Waals surface area contributed by atoms with Crippen LogP contribution in [0.4, 0.5) is 5.69 Å². The SMILES string of the molecule is CCOCCNc1cc(Cl)c(OC)cc1OC. The van der Waals surface area contributed by atoms with Crippen LogP contribution in [0.2, 0.25) is 5.02 Å². The standard InChI is InChI=1S/C12H18ClNO3/c1-4-17-6-5-14-10-7-9(13)11(15-2)8-12(10)16-3/h7-8,14H,4-6H2,1-3H3. The molecule has 0 radical (unpaired) electrons. The largest absolute Gasteiger partial charge is 0.495 e. The average Bonchev–Trinajstić information content (AvgIpc) is 2.35. The first-order chi connectivity index (χ1) is 8.22. The molecule has 1 rings (SSSR count). The third kappa shape index (κ3) is 3.98. The predicted octanol–water partition coefficient (Wildman–Crippen LogP) is 2.81. The van der Waals surface area contributed by atoms with Gasteiger partial charge in [-0.15, -0.1) is 0 Å². The molecule has 17 heavy (non-hydrogen) atoms. The number of hydrogen-bond donors (Lipinski definition) is 1. The highest BCUT2D eigenvalue weighted by molar-refractivity contribution is 6.32. The maximum Gasteiger partial charge on any atom is 0.145 e. The van der Waals surface area contributed by atoms with Crippen molar-refractivity contribution in [3.63, 3.8) is 0 Å². The Labute approximate surface area is 107 Å². The normalized spacial score (nSPS) is 10.1. The summed E-state index contributed by atoms with van der Waals surface area (Å²) in [5.74, 6) is 1.29. The first-order valence-electron chi connectivity index (χ1n) is 5.46. The Kier molecular flexibility index (Phi) is 5.94. The Morgan fingerprint density at radius 2 is 1.88 bits per heavy atom. The fourth-order valence-corrected chi connectivity index (χ4v) is 1.64. The number of halogens is 1. The fraction of sp³-hybridized carbons (Fsp3) is 0.500. The summed E-state index contributed by atoms with van der Waals surface area (Å²) in [5.41, 5.74) is 0.831. The van der Waals surface area contributed by atoms with Crippen molar-refractivity contribution < 1.29 is 14.2 Å². The third-order valence-corrected chi connectivity index (χ3v) is 2.54.